The fourth-order valence-electron chi connectivity index (χ4n) is 5.11. The van der Waals surface area contributed by atoms with Crippen LogP contribution in [-0.2, 0) is 31.5 Å². The molecule has 0 bridgehead atoms. The van der Waals surface area contributed by atoms with E-state index in [0.29, 0.717) is 0 Å². The number of hydrogen-bond acceptors (Lipinski definition) is 6. The summed E-state index contributed by atoms with van der Waals surface area (Å²) in [6.45, 7) is 7.77. The van der Waals surface area contributed by atoms with Gasteiger partial charge in [0.1, 0.15) is 5.52 Å². The standard InChI is InChI=1S/C26H30N6O2.Na/c1-17-5-6-19(11-20(17)14-31-9-4-10-32-16-27-13-21(32)15-31)23(12-25(33)34)22-7-8-24-26(18(22)2)28-29-30(24)3;/h5-8,11,13,16,23H,4,9-10,12,14-15H2,1-3H3,(H,33,34);/q;+1/p-1. The van der Waals surface area contributed by atoms with Crippen molar-refractivity contribution >= 4 is 17.0 Å². The van der Waals surface area contributed by atoms with E-state index in [1.807, 2.05) is 44.7 Å². The molecule has 2 aromatic carbocycles. The second-order valence-corrected chi connectivity index (χ2v) is 9.32. The van der Waals surface area contributed by atoms with E-state index in [0.717, 1.165) is 60.3 Å². The van der Waals surface area contributed by atoms with Crippen LogP contribution in [-0.4, -0.2) is 42.0 Å². The van der Waals surface area contributed by atoms with E-state index in [1.165, 1.54) is 16.8 Å². The van der Waals surface area contributed by atoms with Crippen molar-refractivity contribution in [1.82, 2.24) is 29.4 Å². The molecule has 3 heterocycles. The molecule has 0 saturated carbocycles. The van der Waals surface area contributed by atoms with Crippen LogP contribution in [0.3, 0.4) is 0 Å². The molecule has 176 valence electrons. The maximum Gasteiger partial charge on any atom is 1.00 e. The van der Waals surface area contributed by atoms with Crippen LogP contribution in [0.1, 0.15) is 52.3 Å². The summed E-state index contributed by atoms with van der Waals surface area (Å²) in [4.78, 5) is 18.5. The summed E-state index contributed by atoms with van der Waals surface area (Å²) >= 11 is 0. The van der Waals surface area contributed by atoms with Crippen LogP contribution in [0.4, 0.5) is 0 Å². The number of hydrogen-bond donors (Lipinski definition) is 0. The zero-order valence-corrected chi connectivity index (χ0v) is 22.9. The van der Waals surface area contributed by atoms with Gasteiger partial charge in [0.25, 0.3) is 0 Å². The maximum atomic E-state index is 11.8. The van der Waals surface area contributed by atoms with E-state index in [4.69, 9.17) is 0 Å². The number of benzene rings is 2. The van der Waals surface area contributed by atoms with Crippen molar-refractivity contribution in [1.29, 1.82) is 0 Å². The molecule has 0 fully saturated rings. The Labute approximate surface area is 227 Å². The Balaban J connectivity index is 0.00000289. The van der Waals surface area contributed by atoms with Crippen LogP contribution in [0.25, 0.3) is 11.0 Å². The topological polar surface area (TPSA) is 91.9 Å². The van der Waals surface area contributed by atoms with E-state index in [-0.39, 0.29) is 41.9 Å². The Bertz CT molecular complexity index is 1360. The zero-order chi connectivity index (χ0) is 23.8. The molecule has 8 nitrogen and oxygen atoms in total. The van der Waals surface area contributed by atoms with Gasteiger partial charge >= 0.3 is 29.6 Å². The molecule has 0 N–H and O–H groups in total. The van der Waals surface area contributed by atoms with Crippen molar-refractivity contribution in [3.63, 3.8) is 0 Å². The molecule has 0 aliphatic carbocycles. The SMILES string of the molecule is Cc1ccc(C(CC(=O)[O-])c2ccc3c(nnn3C)c2C)cc1CN1CCCn2cncc2C1.[Na+]. The van der Waals surface area contributed by atoms with Gasteiger partial charge in [0.2, 0.25) is 0 Å². The average Bonchev–Trinajstić information content (AvgIpc) is 3.35. The quantitative estimate of drug-likeness (QED) is 0.345. The second kappa shape index (κ2) is 10.6. The molecular weight excluding hydrogens is 451 g/mol. The Morgan fingerprint density at radius 3 is 2.80 bits per heavy atom. The summed E-state index contributed by atoms with van der Waals surface area (Å²) in [5, 5.41) is 20.2. The zero-order valence-electron chi connectivity index (χ0n) is 20.9. The van der Waals surface area contributed by atoms with Gasteiger partial charge in [0, 0.05) is 51.3 Å². The van der Waals surface area contributed by atoms with Gasteiger partial charge in [0.15, 0.2) is 0 Å². The molecule has 5 rings (SSSR count). The molecule has 2 aromatic heterocycles. The smallest absolute Gasteiger partial charge is 0.550 e. The number of aromatic nitrogens is 5. The molecule has 9 heteroatoms. The molecule has 1 aliphatic heterocycles. The van der Waals surface area contributed by atoms with Crippen molar-refractivity contribution in [2.45, 2.75) is 52.2 Å². The molecule has 1 aliphatic rings. The van der Waals surface area contributed by atoms with Gasteiger partial charge in [-0.2, -0.15) is 0 Å². The summed E-state index contributed by atoms with van der Waals surface area (Å²) in [6, 6.07) is 10.3. The molecule has 1 atom stereocenters. The second-order valence-electron chi connectivity index (χ2n) is 9.32. The van der Waals surface area contributed by atoms with Crippen LogP contribution in [0.5, 0.6) is 0 Å². The van der Waals surface area contributed by atoms with Crippen LogP contribution < -0.4 is 34.7 Å². The Hall–Kier alpha value is -2.52. The largest absolute Gasteiger partial charge is 1.00 e. The Kier molecular flexibility index (Phi) is 7.76. The summed E-state index contributed by atoms with van der Waals surface area (Å²) in [7, 11) is 1.86. The van der Waals surface area contributed by atoms with E-state index < -0.39 is 5.97 Å². The van der Waals surface area contributed by atoms with Gasteiger partial charge in [-0.25, -0.2) is 9.67 Å². The van der Waals surface area contributed by atoms with Gasteiger partial charge in [-0.1, -0.05) is 29.5 Å². The first-order valence-electron chi connectivity index (χ1n) is 11.7. The first kappa shape index (κ1) is 25.6. The average molecular weight is 481 g/mol. The number of rotatable bonds is 6. The molecule has 0 amide bonds. The number of carboxylic acid groups (broad SMARTS) is 1. The van der Waals surface area contributed by atoms with Gasteiger partial charge in [-0.05, 0) is 60.6 Å². The molecule has 0 saturated heterocycles. The molecular formula is C26H29N6NaO2. The van der Waals surface area contributed by atoms with Crippen molar-refractivity contribution in [2.75, 3.05) is 6.54 Å². The first-order valence-corrected chi connectivity index (χ1v) is 11.7. The first-order chi connectivity index (χ1) is 16.4. The predicted octanol–water partition coefficient (Wildman–Crippen LogP) is -0.537. The van der Waals surface area contributed by atoms with Crippen LogP contribution in [0.15, 0.2) is 42.9 Å². The minimum absolute atomic E-state index is 0. The fourth-order valence-corrected chi connectivity index (χ4v) is 5.11. The number of fused-ring (bicyclic) bond motifs is 2. The number of aryl methyl sites for hydroxylation is 4. The summed E-state index contributed by atoms with van der Waals surface area (Å²) < 4.78 is 3.96. The van der Waals surface area contributed by atoms with Gasteiger partial charge in [-0.3, -0.25) is 4.90 Å². The minimum Gasteiger partial charge on any atom is -0.550 e. The van der Waals surface area contributed by atoms with Gasteiger partial charge < -0.3 is 14.5 Å². The summed E-state index contributed by atoms with van der Waals surface area (Å²) in [5.74, 6) is -1.38. The third kappa shape index (κ3) is 5.21. The molecule has 0 spiro atoms. The molecule has 4 aromatic rings. The van der Waals surface area contributed by atoms with Crippen molar-refractivity contribution in [3.8, 4) is 0 Å². The number of carboxylic acids is 1. The van der Waals surface area contributed by atoms with E-state index in [2.05, 4.69) is 43.8 Å². The monoisotopic (exact) mass is 480 g/mol. The Morgan fingerprint density at radius 1 is 1.17 bits per heavy atom. The third-order valence-electron chi connectivity index (χ3n) is 7.05. The molecule has 0 radical (unpaired) electrons. The molecule has 1 unspecified atom stereocenters. The predicted molar refractivity (Wildman–Crippen MR) is 127 cm³/mol. The fraction of sp³-hybridized carbons (Fsp3) is 0.385. The Morgan fingerprint density at radius 2 is 2.00 bits per heavy atom. The van der Waals surface area contributed by atoms with Crippen molar-refractivity contribution < 1.29 is 39.5 Å². The number of imidazole rings is 1. The van der Waals surface area contributed by atoms with E-state index in [1.54, 1.807) is 4.68 Å². The summed E-state index contributed by atoms with van der Waals surface area (Å²) in [6.07, 6.45) is 4.85. The van der Waals surface area contributed by atoms with Gasteiger partial charge in [-0.15, -0.1) is 5.10 Å². The van der Waals surface area contributed by atoms with Crippen LogP contribution in [0, 0.1) is 13.8 Å². The number of carbonyl (C=O) groups excluding carboxylic acids is 1. The van der Waals surface area contributed by atoms with Crippen molar-refractivity contribution in [2.24, 2.45) is 7.05 Å². The van der Waals surface area contributed by atoms with E-state index >= 15 is 0 Å². The summed E-state index contributed by atoms with van der Waals surface area (Å²) in [5.41, 5.74) is 8.27. The normalized spacial score (nSPS) is 14.8. The number of aliphatic carboxylic acids is 1. The van der Waals surface area contributed by atoms with Crippen LogP contribution >= 0.6 is 0 Å². The molecule has 35 heavy (non-hydrogen) atoms. The van der Waals surface area contributed by atoms with Gasteiger partial charge in [0.05, 0.1) is 17.5 Å². The third-order valence-corrected chi connectivity index (χ3v) is 7.05. The minimum atomic E-state index is -1.06. The van der Waals surface area contributed by atoms with Crippen LogP contribution in [0.2, 0.25) is 0 Å². The van der Waals surface area contributed by atoms with E-state index in [9.17, 15) is 9.90 Å². The number of nitrogens with zero attached hydrogens (tertiary/aromatic N) is 6. The maximum absolute atomic E-state index is 11.8. The van der Waals surface area contributed by atoms with Crippen molar-refractivity contribution in [3.05, 3.63) is 76.4 Å². The number of carbonyl (C=O) groups is 1.